The Morgan fingerprint density at radius 2 is 2.12 bits per heavy atom. The van der Waals surface area contributed by atoms with Crippen LogP contribution in [0, 0.1) is 0 Å². The summed E-state index contributed by atoms with van der Waals surface area (Å²) in [6.45, 7) is 6.54. The number of nitrogens with zero attached hydrogens (tertiary/aromatic N) is 2. The molecule has 1 amide bonds. The number of halogens is 1. The third-order valence-electron chi connectivity index (χ3n) is 2.96. The van der Waals surface area contributed by atoms with E-state index in [1.165, 1.54) is 6.26 Å². The smallest absolute Gasteiger partial charge is 0.258 e. The largest absolute Gasteiger partial charge is 0.452 e. The maximum atomic E-state index is 12.0. The van der Waals surface area contributed by atoms with Crippen LogP contribution in [0.1, 0.15) is 17.3 Å². The quantitative estimate of drug-likeness (QED) is 0.792. The van der Waals surface area contributed by atoms with Gasteiger partial charge in [-0.25, -0.2) is 0 Å². The molecule has 0 aliphatic carbocycles. The number of carbonyl (C=O) groups is 1. The molecule has 0 unspecified atom stereocenters. The molecule has 0 N–H and O–H groups in total. The zero-order valence-electron chi connectivity index (χ0n) is 9.28. The fraction of sp³-hybridized carbons (Fsp3) is 0.545. The van der Waals surface area contributed by atoms with Gasteiger partial charge >= 0.3 is 0 Å². The van der Waals surface area contributed by atoms with Gasteiger partial charge in [0.15, 0.2) is 0 Å². The summed E-state index contributed by atoms with van der Waals surface area (Å²) in [5.74, 6) is -0.0329. The summed E-state index contributed by atoms with van der Waals surface area (Å²) in [4.78, 5) is 16.2. The second-order valence-corrected chi connectivity index (χ2v) is 4.18. The van der Waals surface area contributed by atoms with Crippen LogP contribution in [0.3, 0.4) is 0 Å². The lowest BCUT2D eigenvalue weighted by Crippen LogP contribution is -2.48. The molecule has 1 aromatic rings. The summed E-state index contributed by atoms with van der Waals surface area (Å²) < 4.78 is 4.93. The van der Waals surface area contributed by atoms with E-state index in [-0.39, 0.29) is 11.1 Å². The summed E-state index contributed by atoms with van der Waals surface area (Å²) in [5.41, 5.74) is 0.464. The van der Waals surface area contributed by atoms with E-state index in [2.05, 4.69) is 11.8 Å². The normalized spacial score (nSPS) is 17.8. The van der Waals surface area contributed by atoms with Gasteiger partial charge in [-0.15, -0.1) is 0 Å². The van der Waals surface area contributed by atoms with Gasteiger partial charge in [-0.1, -0.05) is 6.92 Å². The van der Waals surface area contributed by atoms with E-state index in [9.17, 15) is 4.79 Å². The molecule has 1 aliphatic heterocycles. The summed E-state index contributed by atoms with van der Waals surface area (Å²) in [7, 11) is 0. The molecule has 16 heavy (non-hydrogen) atoms. The van der Waals surface area contributed by atoms with E-state index in [4.69, 9.17) is 16.0 Å². The second-order valence-electron chi connectivity index (χ2n) is 3.83. The van der Waals surface area contributed by atoms with Crippen molar-refractivity contribution in [2.75, 3.05) is 32.7 Å². The molecule has 2 rings (SSSR count). The standard InChI is InChI=1S/C11H15ClN2O2/c1-2-13-4-6-14(7-5-13)11(15)9-3-8-16-10(9)12/h3,8H,2,4-7H2,1H3. The lowest BCUT2D eigenvalue weighted by atomic mass is 10.2. The topological polar surface area (TPSA) is 36.7 Å². The maximum absolute atomic E-state index is 12.0. The van der Waals surface area contributed by atoms with E-state index in [0.717, 1.165) is 32.7 Å². The molecule has 4 nitrogen and oxygen atoms in total. The van der Waals surface area contributed by atoms with Gasteiger partial charge in [-0.3, -0.25) is 4.79 Å². The molecule has 1 aromatic heterocycles. The molecule has 0 bridgehead atoms. The van der Waals surface area contributed by atoms with Gasteiger partial charge in [-0.05, 0) is 24.2 Å². The number of piperazine rings is 1. The summed E-state index contributed by atoms with van der Waals surface area (Å²) in [5, 5.41) is 0.183. The Morgan fingerprint density at radius 1 is 1.44 bits per heavy atom. The Hall–Kier alpha value is -1.00. The SMILES string of the molecule is CCN1CCN(C(=O)c2ccoc2Cl)CC1. The number of hydrogen-bond acceptors (Lipinski definition) is 3. The molecule has 88 valence electrons. The highest BCUT2D eigenvalue weighted by molar-refractivity contribution is 6.32. The number of carbonyl (C=O) groups excluding carboxylic acids is 1. The second kappa shape index (κ2) is 4.89. The van der Waals surface area contributed by atoms with Crippen molar-refractivity contribution in [2.24, 2.45) is 0 Å². The van der Waals surface area contributed by atoms with Gasteiger partial charge in [0.1, 0.15) is 0 Å². The van der Waals surface area contributed by atoms with E-state index in [1.807, 2.05) is 4.90 Å². The van der Waals surface area contributed by atoms with Gasteiger partial charge in [0.05, 0.1) is 11.8 Å². The molecule has 5 heteroatoms. The lowest BCUT2D eigenvalue weighted by Gasteiger charge is -2.33. The Morgan fingerprint density at radius 3 is 2.62 bits per heavy atom. The van der Waals surface area contributed by atoms with E-state index in [0.29, 0.717) is 5.56 Å². The van der Waals surface area contributed by atoms with Gasteiger partial charge in [0.2, 0.25) is 5.22 Å². The van der Waals surface area contributed by atoms with Crippen LogP contribution in [0.5, 0.6) is 0 Å². The zero-order chi connectivity index (χ0) is 11.5. The fourth-order valence-electron chi connectivity index (χ4n) is 1.88. The van der Waals surface area contributed by atoms with Crippen molar-refractivity contribution in [3.8, 4) is 0 Å². The fourth-order valence-corrected chi connectivity index (χ4v) is 2.08. The minimum absolute atomic E-state index is 0.0329. The molecule has 0 saturated carbocycles. The molecule has 2 heterocycles. The van der Waals surface area contributed by atoms with Crippen LogP contribution in [0.2, 0.25) is 5.22 Å². The molecule has 1 aliphatic rings. The Kier molecular flexibility index (Phi) is 3.51. The number of rotatable bonds is 2. The van der Waals surface area contributed by atoms with Crippen LogP contribution in [-0.4, -0.2) is 48.4 Å². The van der Waals surface area contributed by atoms with Crippen molar-refractivity contribution in [1.29, 1.82) is 0 Å². The Labute approximate surface area is 99.8 Å². The Bertz CT molecular complexity index is 370. The van der Waals surface area contributed by atoms with Crippen molar-refractivity contribution >= 4 is 17.5 Å². The van der Waals surface area contributed by atoms with Crippen LogP contribution in [0.15, 0.2) is 16.7 Å². The van der Waals surface area contributed by atoms with Gasteiger partial charge in [-0.2, -0.15) is 0 Å². The third-order valence-corrected chi connectivity index (χ3v) is 3.25. The molecule has 0 aromatic carbocycles. The van der Waals surface area contributed by atoms with E-state index < -0.39 is 0 Å². The van der Waals surface area contributed by atoms with Crippen molar-refractivity contribution in [1.82, 2.24) is 9.80 Å². The number of amides is 1. The van der Waals surface area contributed by atoms with Gasteiger partial charge in [0.25, 0.3) is 5.91 Å². The molecule has 1 saturated heterocycles. The summed E-state index contributed by atoms with van der Waals surface area (Å²) in [6, 6.07) is 1.62. The highest BCUT2D eigenvalue weighted by Gasteiger charge is 2.23. The highest BCUT2D eigenvalue weighted by atomic mass is 35.5. The van der Waals surface area contributed by atoms with Gasteiger partial charge in [0, 0.05) is 26.2 Å². The first kappa shape index (κ1) is 11.5. The van der Waals surface area contributed by atoms with Crippen LogP contribution < -0.4 is 0 Å². The van der Waals surface area contributed by atoms with E-state index >= 15 is 0 Å². The molecule has 0 spiro atoms. The van der Waals surface area contributed by atoms with Crippen molar-refractivity contribution < 1.29 is 9.21 Å². The predicted molar refractivity (Wildman–Crippen MR) is 61.7 cm³/mol. The monoisotopic (exact) mass is 242 g/mol. The lowest BCUT2D eigenvalue weighted by molar-refractivity contribution is 0.0643. The minimum Gasteiger partial charge on any atom is -0.452 e. The predicted octanol–water partition coefficient (Wildman–Crippen LogP) is 1.71. The summed E-state index contributed by atoms with van der Waals surface area (Å²) in [6.07, 6.45) is 1.44. The summed E-state index contributed by atoms with van der Waals surface area (Å²) >= 11 is 5.79. The maximum Gasteiger partial charge on any atom is 0.258 e. The van der Waals surface area contributed by atoms with Crippen LogP contribution >= 0.6 is 11.6 Å². The highest BCUT2D eigenvalue weighted by Crippen LogP contribution is 2.19. The van der Waals surface area contributed by atoms with Gasteiger partial charge < -0.3 is 14.2 Å². The average molecular weight is 243 g/mol. The van der Waals surface area contributed by atoms with E-state index in [1.54, 1.807) is 6.07 Å². The van der Waals surface area contributed by atoms with Crippen LogP contribution in [0.25, 0.3) is 0 Å². The van der Waals surface area contributed by atoms with Crippen molar-refractivity contribution in [3.63, 3.8) is 0 Å². The molecule has 0 radical (unpaired) electrons. The first-order valence-corrected chi connectivity index (χ1v) is 5.84. The van der Waals surface area contributed by atoms with Crippen molar-refractivity contribution in [3.05, 3.63) is 23.1 Å². The zero-order valence-corrected chi connectivity index (χ0v) is 10.0. The number of furan rings is 1. The van der Waals surface area contributed by atoms with Crippen molar-refractivity contribution in [2.45, 2.75) is 6.92 Å². The van der Waals surface area contributed by atoms with Crippen LogP contribution in [0.4, 0.5) is 0 Å². The number of likely N-dealkylation sites (N-methyl/N-ethyl adjacent to an activating group) is 1. The number of hydrogen-bond donors (Lipinski definition) is 0. The first-order chi connectivity index (χ1) is 7.72. The molecule has 1 fully saturated rings. The minimum atomic E-state index is -0.0329. The Balaban J connectivity index is 2.00. The third kappa shape index (κ3) is 2.23. The van der Waals surface area contributed by atoms with Crippen LogP contribution in [-0.2, 0) is 0 Å². The molecule has 0 atom stereocenters. The molecular formula is C11H15ClN2O2. The molecular weight excluding hydrogens is 228 g/mol. The average Bonchev–Trinajstić information content (AvgIpc) is 2.75. The first-order valence-electron chi connectivity index (χ1n) is 5.47.